The molecule has 0 amide bonds. The lowest BCUT2D eigenvalue weighted by Crippen LogP contribution is -2.09. The number of aryl methyl sites for hydroxylation is 1. The molecule has 0 radical (unpaired) electrons. The van der Waals surface area contributed by atoms with Gasteiger partial charge in [0, 0.05) is 22.7 Å². The Morgan fingerprint density at radius 1 is 1.46 bits per heavy atom. The maximum Gasteiger partial charge on any atom is 0.124 e. The number of aromatic nitrogens is 1. The van der Waals surface area contributed by atoms with Crippen molar-refractivity contribution in [3.8, 4) is 0 Å². The summed E-state index contributed by atoms with van der Waals surface area (Å²) in [6.07, 6.45) is 1.77. The molecule has 0 unspecified atom stereocenters. The summed E-state index contributed by atoms with van der Waals surface area (Å²) in [5.74, 6) is 0.107. The minimum atomic E-state index is 0.107. The molecule has 0 saturated heterocycles. The molecule has 3 nitrogen and oxygen atoms in total. The summed E-state index contributed by atoms with van der Waals surface area (Å²) in [5, 5.41) is 8.36. The molecule has 13 heavy (non-hydrogen) atoms. The summed E-state index contributed by atoms with van der Waals surface area (Å²) in [7, 11) is 0. The number of nitrogens with one attached hydrogen (secondary N) is 2. The third-order valence-electron chi connectivity index (χ3n) is 2.13. The molecular weight excluding hydrogens is 162 g/mol. The van der Waals surface area contributed by atoms with Crippen molar-refractivity contribution in [2.45, 2.75) is 6.92 Å². The Labute approximate surface area is 76.1 Å². The average molecular weight is 173 g/mol. The van der Waals surface area contributed by atoms with E-state index in [1.165, 1.54) is 5.56 Å². The van der Waals surface area contributed by atoms with Gasteiger partial charge < -0.3 is 10.7 Å². The van der Waals surface area contributed by atoms with E-state index >= 15 is 0 Å². The van der Waals surface area contributed by atoms with Crippen LogP contribution in [0.15, 0.2) is 24.4 Å². The van der Waals surface area contributed by atoms with Crippen LogP contribution in [0.4, 0.5) is 0 Å². The second-order valence-corrected chi connectivity index (χ2v) is 3.17. The zero-order valence-corrected chi connectivity index (χ0v) is 7.39. The van der Waals surface area contributed by atoms with Crippen LogP contribution in [-0.4, -0.2) is 10.8 Å². The number of aromatic amines is 1. The fourth-order valence-electron chi connectivity index (χ4n) is 1.46. The fraction of sp³-hybridized carbons (Fsp3) is 0.100. The summed E-state index contributed by atoms with van der Waals surface area (Å²) in [4.78, 5) is 3.09. The maximum absolute atomic E-state index is 7.35. The molecule has 1 aromatic carbocycles. The van der Waals surface area contributed by atoms with Gasteiger partial charge in [0.15, 0.2) is 0 Å². The molecule has 0 bridgehead atoms. The predicted molar refractivity (Wildman–Crippen MR) is 54.1 cm³/mol. The van der Waals surface area contributed by atoms with Gasteiger partial charge in [0.25, 0.3) is 0 Å². The largest absolute Gasteiger partial charge is 0.384 e. The van der Waals surface area contributed by atoms with Crippen LogP contribution in [0.2, 0.25) is 0 Å². The number of hydrogen-bond donors (Lipinski definition) is 3. The van der Waals surface area contributed by atoms with Crippen LogP contribution in [0.1, 0.15) is 11.1 Å². The van der Waals surface area contributed by atoms with Gasteiger partial charge in [-0.1, -0.05) is 12.1 Å². The number of nitrogen functional groups attached to an aromatic ring is 1. The Kier molecular flexibility index (Phi) is 1.59. The predicted octanol–water partition coefficient (Wildman–Crippen LogP) is 1.76. The second-order valence-electron chi connectivity index (χ2n) is 3.17. The lowest BCUT2D eigenvalue weighted by Gasteiger charge is -1.95. The molecule has 1 aromatic heterocycles. The highest BCUT2D eigenvalue weighted by molar-refractivity contribution is 6.07. The molecule has 0 aliphatic heterocycles. The Bertz CT molecular complexity index is 468. The maximum atomic E-state index is 7.35. The van der Waals surface area contributed by atoms with Crippen molar-refractivity contribution in [3.63, 3.8) is 0 Å². The Balaban J connectivity index is 2.76. The van der Waals surface area contributed by atoms with Crippen LogP contribution < -0.4 is 5.73 Å². The summed E-state index contributed by atoms with van der Waals surface area (Å²) < 4.78 is 0. The van der Waals surface area contributed by atoms with E-state index in [0.29, 0.717) is 0 Å². The second kappa shape index (κ2) is 2.62. The summed E-state index contributed by atoms with van der Waals surface area (Å²) in [6, 6.07) is 6.04. The van der Waals surface area contributed by atoms with E-state index in [1.807, 2.05) is 25.1 Å². The topological polar surface area (TPSA) is 65.7 Å². The first kappa shape index (κ1) is 7.86. The van der Waals surface area contributed by atoms with Gasteiger partial charge in [0.1, 0.15) is 5.84 Å². The van der Waals surface area contributed by atoms with Crippen LogP contribution in [0.3, 0.4) is 0 Å². The number of nitrogens with two attached hydrogens (primary N) is 1. The Morgan fingerprint density at radius 3 is 2.92 bits per heavy atom. The minimum Gasteiger partial charge on any atom is -0.384 e. The first-order valence-electron chi connectivity index (χ1n) is 4.10. The highest BCUT2D eigenvalue weighted by Crippen LogP contribution is 2.18. The molecule has 0 aliphatic carbocycles. The van der Waals surface area contributed by atoms with E-state index in [4.69, 9.17) is 11.1 Å². The molecular formula is C10H11N3. The molecule has 0 fully saturated rings. The number of fused-ring (bicyclic) bond motifs is 1. The van der Waals surface area contributed by atoms with E-state index in [2.05, 4.69) is 4.98 Å². The first-order chi connectivity index (χ1) is 6.18. The SMILES string of the molecule is Cc1ccc2c(C(=N)N)c[nH]c2c1. The molecule has 1 heterocycles. The van der Waals surface area contributed by atoms with Crippen molar-refractivity contribution in [2.75, 3.05) is 0 Å². The third-order valence-corrected chi connectivity index (χ3v) is 2.13. The van der Waals surface area contributed by atoms with Crippen LogP contribution in [0, 0.1) is 12.3 Å². The highest BCUT2D eigenvalue weighted by Gasteiger charge is 2.04. The molecule has 0 aliphatic rings. The van der Waals surface area contributed by atoms with E-state index in [9.17, 15) is 0 Å². The van der Waals surface area contributed by atoms with Gasteiger partial charge in [-0.3, -0.25) is 5.41 Å². The number of benzene rings is 1. The smallest absolute Gasteiger partial charge is 0.124 e. The zero-order valence-electron chi connectivity index (χ0n) is 7.39. The van der Waals surface area contributed by atoms with Gasteiger partial charge in [-0.25, -0.2) is 0 Å². The molecule has 0 saturated carbocycles. The lowest BCUT2D eigenvalue weighted by molar-refractivity contribution is 1.41. The van der Waals surface area contributed by atoms with E-state index in [0.717, 1.165) is 16.5 Å². The molecule has 0 atom stereocenters. The molecule has 2 rings (SSSR count). The number of amidine groups is 1. The molecule has 2 aromatic rings. The van der Waals surface area contributed by atoms with E-state index in [1.54, 1.807) is 6.20 Å². The van der Waals surface area contributed by atoms with Gasteiger partial charge in [0.2, 0.25) is 0 Å². The van der Waals surface area contributed by atoms with E-state index in [-0.39, 0.29) is 5.84 Å². The Hall–Kier alpha value is -1.77. The Morgan fingerprint density at radius 2 is 2.23 bits per heavy atom. The van der Waals surface area contributed by atoms with Gasteiger partial charge in [-0.05, 0) is 18.6 Å². The van der Waals surface area contributed by atoms with Crippen LogP contribution in [-0.2, 0) is 0 Å². The standard InChI is InChI=1S/C10H11N3/c1-6-2-3-7-8(10(11)12)5-13-9(7)4-6/h2-5,13H,1H3,(H3,11,12). The quantitative estimate of drug-likeness (QED) is 0.446. The van der Waals surface area contributed by atoms with Gasteiger partial charge in [-0.15, -0.1) is 0 Å². The molecule has 66 valence electrons. The van der Waals surface area contributed by atoms with Crippen molar-refractivity contribution < 1.29 is 0 Å². The van der Waals surface area contributed by atoms with Gasteiger partial charge in [-0.2, -0.15) is 0 Å². The number of H-pyrrole nitrogens is 1. The first-order valence-corrected chi connectivity index (χ1v) is 4.10. The molecule has 4 N–H and O–H groups in total. The zero-order chi connectivity index (χ0) is 9.42. The van der Waals surface area contributed by atoms with Crippen molar-refractivity contribution in [1.82, 2.24) is 4.98 Å². The average Bonchev–Trinajstić information content (AvgIpc) is 2.46. The van der Waals surface area contributed by atoms with Crippen molar-refractivity contribution >= 4 is 16.7 Å². The highest BCUT2D eigenvalue weighted by atomic mass is 14.7. The summed E-state index contributed by atoms with van der Waals surface area (Å²) in [6.45, 7) is 2.04. The minimum absolute atomic E-state index is 0.107. The van der Waals surface area contributed by atoms with E-state index < -0.39 is 0 Å². The number of hydrogen-bond acceptors (Lipinski definition) is 1. The fourth-order valence-corrected chi connectivity index (χ4v) is 1.46. The third kappa shape index (κ3) is 1.18. The van der Waals surface area contributed by atoms with Crippen molar-refractivity contribution in [3.05, 3.63) is 35.5 Å². The monoisotopic (exact) mass is 173 g/mol. The van der Waals surface area contributed by atoms with Crippen molar-refractivity contribution in [1.29, 1.82) is 5.41 Å². The van der Waals surface area contributed by atoms with Gasteiger partial charge in [0.05, 0.1) is 0 Å². The van der Waals surface area contributed by atoms with Gasteiger partial charge >= 0.3 is 0 Å². The lowest BCUT2D eigenvalue weighted by atomic mass is 10.1. The summed E-state index contributed by atoms with van der Waals surface area (Å²) in [5.41, 5.74) is 8.43. The molecule has 0 spiro atoms. The normalized spacial score (nSPS) is 10.5. The van der Waals surface area contributed by atoms with Crippen LogP contribution >= 0.6 is 0 Å². The van der Waals surface area contributed by atoms with Crippen LogP contribution in [0.5, 0.6) is 0 Å². The molecule has 3 heteroatoms. The van der Waals surface area contributed by atoms with Crippen molar-refractivity contribution in [2.24, 2.45) is 5.73 Å². The summed E-state index contributed by atoms with van der Waals surface area (Å²) >= 11 is 0. The number of rotatable bonds is 1. The van der Waals surface area contributed by atoms with Crippen LogP contribution in [0.25, 0.3) is 10.9 Å².